The average molecular weight is 340 g/mol. The fourth-order valence-electron chi connectivity index (χ4n) is 0. The molecule has 0 unspecified atom stereocenters. The summed E-state index contributed by atoms with van der Waals surface area (Å²) in [6, 6.07) is 0. The van der Waals surface area contributed by atoms with E-state index in [1.54, 1.807) is 0 Å². The van der Waals surface area contributed by atoms with Crippen molar-refractivity contribution in [3.63, 3.8) is 0 Å². The SMILES string of the molecule is O=S(=O)(O)C(F)(F)F.O=S(=O)(O)C(F)(F)F.[Ca]. The molecule has 0 rings (SSSR count). The Morgan fingerprint density at radius 1 is 0.647 bits per heavy atom. The summed E-state index contributed by atoms with van der Waals surface area (Å²) in [5.41, 5.74) is -11.1. The van der Waals surface area contributed by atoms with Crippen molar-refractivity contribution in [1.29, 1.82) is 0 Å². The Morgan fingerprint density at radius 3 is 0.706 bits per heavy atom. The summed E-state index contributed by atoms with van der Waals surface area (Å²) in [5.74, 6) is 0. The summed E-state index contributed by atoms with van der Waals surface area (Å²) in [4.78, 5) is 0. The minimum atomic E-state index is -5.84. The van der Waals surface area contributed by atoms with Gasteiger partial charge in [-0.3, -0.25) is 9.11 Å². The van der Waals surface area contributed by atoms with Crippen molar-refractivity contribution in [3.8, 4) is 0 Å². The maximum Gasteiger partial charge on any atom is 0.522 e. The van der Waals surface area contributed by atoms with E-state index >= 15 is 0 Å². The molecule has 0 aliphatic carbocycles. The van der Waals surface area contributed by atoms with Gasteiger partial charge < -0.3 is 0 Å². The monoisotopic (exact) mass is 340 g/mol. The van der Waals surface area contributed by atoms with Crippen LogP contribution in [0.2, 0.25) is 0 Å². The van der Waals surface area contributed by atoms with Crippen molar-refractivity contribution in [2.45, 2.75) is 11.0 Å². The van der Waals surface area contributed by atoms with Gasteiger partial charge in [-0.2, -0.15) is 43.2 Å². The topological polar surface area (TPSA) is 109 Å². The molecule has 0 aromatic carbocycles. The standard InChI is InChI=1S/2CHF3O3S.Ca/c2*2-1(3,4)8(5,6)7;/h2*(H,5,6,7);. The molecule has 0 saturated heterocycles. The van der Waals surface area contributed by atoms with E-state index in [0.717, 1.165) is 0 Å². The Hall–Kier alpha value is 0.660. The number of halogens is 6. The molecule has 0 aliphatic heterocycles. The molecule has 2 radical (unpaired) electrons. The van der Waals surface area contributed by atoms with Crippen molar-refractivity contribution in [1.82, 2.24) is 0 Å². The Bertz CT molecular complexity index is 374. The second-order valence-corrected chi connectivity index (χ2v) is 4.67. The fraction of sp³-hybridized carbons (Fsp3) is 1.00. The van der Waals surface area contributed by atoms with Crippen molar-refractivity contribution in [2.75, 3.05) is 0 Å². The van der Waals surface area contributed by atoms with Crippen LogP contribution >= 0.6 is 0 Å². The van der Waals surface area contributed by atoms with Crippen molar-refractivity contribution >= 4 is 58.0 Å². The third-order valence-corrected chi connectivity index (χ3v) is 1.75. The molecule has 0 fully saturated rings. The van der Waals surface area contributed by atoms with Crippen LogP contribution in [0, 0.1) is 0 Å². The van der Waals surface area contributed by atoms with Gasteiger partial charge in [-0.15, -0.1) is 0 Å². The van der Waals surface area contributed by atoms with E-state index in [2.05, 4.69) is 0 Å². The van der Waals surface area contributed by atoms with Gasteiger partial charge in [0.2, 0.25) is 0 Å². The van der Waals surface area contributed by atoms with Gasteiger partial charge in [0.25, 0.3) is 0 Å². The molecule has 2 N–H and O–H groups in total. The number of hydrogen-bond acceptors (Lipinski definition) is 4. The summed E-state index contributed by atoms with van der Waals surface area (Å²) >= 11 is 0. The Morgan fingerprint density at radius 2 is 0.706 bits per heavy atom. The van der Waals surface area contributed by atoms with Crippen LogP contribution in [0.25, 0.3) is 0 Å². The number of hydrogen-bond donors (Lipinski definition) is 2. The van der Waals surface area contributed by atoms with Crippen molar-refractivity contribution in [3.05, 3.63) is 0 Å². The van der Waals surface area contributed by atoms with E-state index < -0.39 is 31.3 Å². The first-order chi connectivity index (χ1) is 6.50. The van der Waals surface area contributed by atoms with Gasteiger partial charge in [0.1, 0.15) is 0 Å². The molecule has 0 heterocycles. The minimum absolute atomic E-state index is 0. The first kappa shape index (κ1) is 22.8. The van der Waals surface area contributed by atoms with E-state index in [0.29, 0.717) is 0 Å². The van der Waals surface area contributed by atoms with Crippen LogP contribution < -0.4 is 0 Å². The molecule has 0 aliphatic rings. The molecular formula is C2H2CaF6O6S2. The van der Waals surface area contributed by atoms with E-state index in [4.69, 9.17) is 25.9 Å². The predicted octanol–water partition coefficient (Wildman–Crippen LogP) is 0.407. The molecule has 0 aromatic rings. The number of alkyl halides is 6. The third kappa shape index (κ3) is 10.3. The Labute approximate surface area is 120 Å². The maximum atomic E-state index is 10.7. The van der Waals surface area contributed by atoms with Crippen LogP contribution in [0.1, 0.15) is 0 Å². The van der Waals surface area contributed by atoms with E-state index in [1.807, 2.05) is 0 Å². The summed E-state index contributed by atoms with van der Waals surface area (Å²) in [6.45, 7) is 0. The quantitative estimate of drug-likeness (QED) is 0.286. The normalized spacial score (nSPS) is 13.2. The first-order valence-corrected chi connectivity index (χ1v) is 5.45. The molecule has 0 atom stereocenters. The number of rotatable bonds is 0. The molecule has 0 amide bonds. The van der Waals surface area contributed by atoms with Crippen LogP contribution in [0.5, 0.6) is 0 Å². The van der Waals surface area contributed by atoms with E-state index in [1.165, 1.54) is 0 Å². The van der Waals surface area contributed by atoms with Gasteiger partial charge in [-0.25, -0.2) is 0 Å². The molecule has 102 valence electrons. The molecule has 0 aromatic heterocycles. The van der Waals surface area contributed by atoms with Gasteiger partial charge in [-0.05, 0) is 0 Å². The summed E-state index contributed by atoms with van der Waals surface area (Å²) in [6.07, 6.45) is 0. The average Bonchev–Trinajstić information content (AvgIpc) is 1.77. The largest absolute Gasteiger partial charge is 0.522 e. The second kappa shape index (κ2) is 6.72. The molecule has 0 saturated carbocycles. The van der Waals surface area contributed by atoms with Crippen LogP contribution in [0.4, 0.5) is 26.3 Å². The van der Waals surface area contributed by atoms with Crippen LogP contribution in [-0.2, 0) is 20.2 Å². The van der Waals surface area contributed by atoms with Crippen LogP contribution in [0.15, 0.2) is 0 Å². The molecule has 0 spiro atoms. The van der Waals surface area contributed by atoms with E-state index in [-0.39, 0.29) is 37.7 Å². The fourth-order valence-corrected chi connectivity index (χ4v) is 0. The third-order valence-electron chi connectivity index (χ3n) is 0.585. The molecule has 15 heteroatoms. The summed E-state index contributed by atoms with van der Waals surface area (Å²) < 4.78 is 115. The van der Waals surface area contributed by atoms with Gasteiger partial charge >= 0.3 is 31.3 Å². The minimum Gasteiger partial charge on any atom is -0.279 e. The van der Waals surface area contributed by atoms with Crippen LogP contribution in [-0.4, -0.2) is 74.7 Å². The predicted molar refractivity (Wildman–Crippen MR) is 41.0 cm³/mol. The van der Waals surface area contributed by atoms with Gasteiger partial charge in [0, 0.05) is 37.7 Å². The van der Waals surface area contributed by atoms with Gasteiger partial charge in [-0.1, -0.05) is 0 Å². The molecule has 17 heavy (non-hydrogen) atoms. The second-order valence-electron chi connectivity index (χ2n) is 1.84. The summed E-state index contributed by atoms with van der Waals surface area (Å²) in [7, 11) is -11.7. The molecular weight excluding hydrogens is 338 g/mol. The zero-order chi connectivity index (χ0) is 14.0. The summed E-state index contributed by atoms with van der Waals surface area (Å²) in [5, 5.41) is 0. The van der Waals surface area contributed by atoms with E-state index in [9.17, 15) is 26.3 Å². The van der Waals surface area contributed by atoms with Crippen molar-refractivity contribution in [2.24, 2.45) is 0 Å². The van der Waals surface area contributed by atoms with Gasteiger partial charge in [0.05, 0.1) is 0 Å². The zero-order valence-corrected chi connectivity index (χ0v) is 11.2. The smallest absolute Gasteiger partial charge is 0.279 e. The Balaban J connectivity index is -0.000000218. The first-order valence-electron chi connectivity index (χ1n) is 2.57. The maximum absolute atomic E-state index is 10.7. The van der Waals surface area contributed by atoms with Crippen LogP contribution in [0.3, 0.4) is 0 Å². The molecule has 6 nitrogen and oxygen atoms in total. The van der Waals surface area contributed by atoms with Crippen molar-refractivity contribution < 1.29 is 52.3 Å². The Kier molecular flexibility index (Phi) is 9.01. The van der Waals surface area contributed by atoms with Gasteiger partial charge in [0.15, 0.2) is 0 Å². The zero-order valence-electron chi connectivity index (χ0n) is 7.32. The molecule has 0 bridgehead atoms.